The van der Waals surface area contributed by atoms with Gasteiger partial charge >= 0.3 is 0 Å². The van der Waals surface area contributed by atoms with Crippen molar-refractivity contribution in [3.63, 3.8) is 0 Å². The van der Waals surface area contributed by atoms with Crippen LogP contribution < -0.4 is 0 Å². The fourth-order valence-corrected chi connectivity index (χ4v) is 2.52. The third-order valence-corrected chi connectivity index (χ3v) is 3.89. The highest BCUT2D eigenvalue weighted by atomic mass is 79.9. The number of aryl methyl sites for hydroxylation is 1. The predicted molar refractivity (Wildman–Crippen MR) is 82.1 cm³/mol. The van der Waals surface area contributed by atoms with Crippen molar-refractivity contribution < 1.29 is 13.6 Å². The predicted octanol–water partition coefficient (Wildman–Crippen LogP) is 4.86. The molecule has 0 saturated carbocycles. The molecule has 0 spiro atoms. The Morgan fingerprint density at radius 2 is 1.76 bits per heavy atom. The van der Waals surface area contributed by atoms with Gasteiger partial charge in [0, 0.05) is 18.4 Å². The molecule has 0 amide bonds. The number of halogens is 3. The van der Waals surface area contributed by atoms with E-state index in [4.69, 9.17) is 0 Å². The molecular weight excluding hydrogens is 338 g/mol. The third kappa shape index (κ3) is 4.46. The average Bonchev–Trinajstić information content (AvgIpc) is 2.49. The molecule has 0 aliphatic heterocycles. The van der Waals surface area contributed by atoms with Gasteiger partial charge in [-0.15, -0.1) is 0 Å². The summed E-state index contributed by atoms with van der Waals surface area (Å²) >= 11 is 3.00. The van der Waals surface area contributed by atoms with Gasteiger partial charge in [0.1, 0.15) is 17.4 Å². The number of carbonyl (C=O) groups excluding carboxylic acids is 1. The van der Waals surface area contributed by atoms with E-state index in [2.05, 4.69) is 15.9 Å². The normalized spacial score (nSPS) is 10.6. The van der Waals surface area contributed by atoms with Crippen LogP contribution in [-0.2, 0) is 17.6 Å². The van der Waals surface area contributed by atoms with Gasteiger partial charge in [0.15, 0.2) is 0 Å². The molecule has 2 aromatic rings. The molecule has 2 rings (SSSR count). The van der Waals surface area contributed by atoms with Crippen molar-refractivity contribution in [1.29, 1.82) is 0 Å². The molecule has 0 aromatic heterocycles. The second-order valence-electron chi connectivity index (χ2n) is 4.88. The first-order chi connectivity index (χ1) is 10.1. The van der Waals surface area contributed by atoms with Crippen LogP contribution in [0.1, 0.15) is 24.0 Å². The highest BCUT2D eigenvalue weighted by Crippen LogP contribution is 2.22. The van der Waals surface area contributed by atoms with Crippen LogP contribution in [0.2, 0.25) is 0 Å². The zero-order valence-corrected chi connectivity index (χ0v) is 13.0. The maximum atomic E-state index is 13.8. The molecule has 0 heterocycles. The number of Topliss-reactive ketones (excluding diaryl/α,β-unsaturated/α-hetero) is 1. The first-order valence-electron chi connectivity index (χ1n) is 6.76. The van der Waals surface area contributed by atoms with E-state index in [1.165, 1.54) is 12.1 Å². The van der Waals surface area contributed by atoms with Gasteiger partial charge < -0.3 is 0 Å². The minimum absolute atomic E-state index is 0.151. The molecule has 21 heavy (non-hydrogen) atoms. The monoisotopic (exact) mass is 352 g/mol. The summed E-state index contributed by atoms with van der Waals surface area (Å²) in [6, 6.07) is 12.3. The van der Waals surface area contributed by atoms with Crippen molar-refractivity contribution in [3.8, 4) is 0 Å². The lowest BCUT2D eigenvalue weighted by atomic mass is 10.0. The van der Waals surface area contributed by atoms with Gasteiger partial charge in [-0.3, -0.25) is 4.79 Å². The fourth-order valence-electron chi connectivity index (χ4n) is 2.15. The maximum Gasteiger partial charge on any atom is 0.143 e. The summed E-state index contributed by atoms with van der Waals surface area (Å²) in [5.74, 6) is -1.51. The number of hydrogen-bond donors (Lipinski definition) is 0. The summed E-state index contributed by atoms with van der Waals surface area (Å²) in [4.78, 5) is 11.9. The molecule has 1 nitrogen and oxygen atoms in total. The molecular formula is C17H15BrF2O. The lowest BCUT2D eigenvalue weighted by Crippen LogP contribution is -2.07. The highest BCUT2D eigenvalue weighted by molar-refractivity contribution is 9.10. The van der Waals surface area contributed by atoms with Crippen LogP contribution in [-0.4, -0.2) is 5.78 Å². The Kier molecular flexibility index (Phi) is 5.62. The molecule has 110 valence electrons. The third-order valence-electron chi connectivity index (χ3n) is 3.28. The summed E-state index contributed by atoms with van der Waals surface area (Å²) in [7, 11) is 0. The van der Waals surface area contributed by atoms with E-state index in [1.807, 2.05) is 30.3 Å². The first kappa shape index (κ1) is 15.8. The lowest BCUT2D eigenvalue weighted by Gasteiger charge is -2.06. The van der Waals surface area contributed by atoms with Gasteiger partial charge in [0.25, 0.3) is 0 Å². The van der Waals surface area contributed by atoms with Crippen molar-refractivity contribution in [2.75, 3.05) is 0 Å². The molecule has 0 bridgehead atoms. The number of benzene rings is 2. The van der Waals surface area contributed by atoms with Crippen molar-refractivity contribution in [2.24, 2.45) is 0 Å². The number of ketones is 1. The van der Waals surface area contributed by atoms with Gasteiger partial charge in [-0.1, -0.05) is 30.3 Å². The summed E-state index contributed by atoms with van der Waals surface area (Å²) in [6.45, 7) is 0. The molecule has 0 radical (unpaired) electrons. The van der Waals surface area contributed by atoms with Crippen molar-refractivity contribution in [2.45, 2.75) is 25.7 Å². The number of carbonyl (C=O) groups is 1. The lowest BCUT2D eigenvalue weighted by molar-refractivity contribution is -0.118. The van der Waals surface area contributed by atoms with Gasteiger partial charge in [-0.05, 0) is 46.5 Å². The van der Waals surface area contributed by atoms with E-state index < -0.39 is 11.6 Å². The van der Waals surface area contributed by atoms with E-state index in [9.17, 15) is 13.6 Å². The number of hydrogen-bond acceptors (Lipinski definition) is 1. The summed E-state index contributed by atoms with van der Waals surface area (Å²) in [6.07, 6.45) is 1.59. The molecule has 0 unspecified atom stereocenters. The summed E-state index contributed by atoms with van der Waals surface area (Å²) < 4.78 is 27.5. The van der Waals surface area contributed by atoms with Gasteiger partial charge in [0.05, 0.1) is 4.47 Å². The van der Waals surface area contributed by atoms with Crippen LogP contribution >= 0.6 is 15.9 Å². The fraction of sp³-hybridized carbons (Fsp3) is 0.235. The Hall–Kier alpha value is -1.55. The zero-order valence-electron chi connectivity index (χ0n) is 11.4. The Morgan fingerprint density at radius 1 is 1.05 bits per heavy atom. The second-order valence-corrected chi connectivity index (χ2v) is 5.73. The van der Waals surface area contributed by atoms with Crippen molar-refractivity contribution in [1.82, 2.24) is 0 Å². The molecule has 0 aliphatic rings. The largest absolute Gasteiger partial charge is 0.299 e. The average molecular weight is 353 g/mol. The summed E-state index contributed by atoms with van der Waals surface area (Å²) in [5.41, 5.74) is 0.999. The van der Waals surface area contributed by atoms with E-state index >= 15 is 0 Å². The van der Waals surface area contributed by atoms with Crippen molar-refractivity contribution >= 4 is 21.7 Å². The molecule has 0 atom stereocenters. The van der Waals surface area contributed by atoms with E-state index in [0.29, 0.717) is 12.8 Å². The Bertz CT molecular complexity index is 626. The molecule has 4 heteroatoms. The minimum Gasteiger partial charge on any atom is -0.299 e. The minimum atomic E-state index is -0.689. The van der Waals surface area contributed by atoms with Crippen LogP contribution in [0.25, 0.3) is 0 Å². The Morgan fingerprint density at radius 3 is 2.48 bits per heavy atom. The molecule has 2 aromatic carbocycles. The van der Waals surface area contributed by atoms with Crippen LogP contribution in [0.5, 0.6) is 0 Å². The molecule has 0 aliphatic carbocycles. The van der Waals surface area contributed by atoms with Crippen molar-refractivity contribution in [3.05, 3.63) is 69.7 Å². The van der Waals surface area contributed by atoms with Crippen LogP contribution in [0.4, 0.5) is 8.78 Å². The Balaban J connectivity index is 1.89. The summed E-state index contributed by atoms with van der Waals surface area (Å²) in [5, 5.41) is 0. The van der Waals surface area contributed by atoms with Gasteiger partial charge in [-0.25, -0.2) is 8.78 Å². The highest BCUT2D eigenvalue weighted by Gasteiger charge is 2.15. The van der Waals surface area contributed by atoms with Gasteiger partial charge in [0.2, 0.25) is 0 Å². The SMILES string of the molecule is O=C(CCCc1ccccc1)Cc1c(F)ccc(Br)c1F. The second kappa shape index (κ2) is 7.46. The topological polar surface area (TPSA) is 17.1 Å². The van der Waals surface area contributed by atoms with E-state index in [0.717, 1.165) is 12.0 Å². The first-order valence-corrected chi connectivity index (χ1v) is 7.55. The Labute approximate surface area is 131 Å². The van der Waals surface area contributed by atoms with Crippen LogP contribution in [0.15, 0.2) is 46.9 Å². The standard InChI is InChI=1S/C17H15BrF2O/c18-15-9-10-16(19)14(17(15)20)11-13(21)8-4-7-12-5-2-1-3-6-12/h1-3,5-6,9-10H,4,7-8,11H2. The van der Waals surface area contributed by atoms with Gasteiger partial charge in [-0.2, -0.15) is 0 Å². The van der Waals surface area contributed by atoms with E-state index in [1.54, 1.807) is 0 Å². The number of rotatable bonds is 6. The molecule has 0 N–H and O–H groups in total. The maximum absolute atomic E-state index is 13.8. The zero-order chi connectivity index (χ0) is 15.2. The van der Waals surface area contributed by atoms with Crippen LogP contribution in [0, 0.1) is 11.6 Å². The smallest absolute Gasteiger partial charge is 0.143 e. The molecule has 0 saturated heterocycles. The molecule has 0 fully saturated rings. The quantitative estimate of drug-likeness (QED) is 0.678. The van der Waals surface area contributed by atoms with Crippen LogP contribution in [0.3, 0.4) is 0 Å². The van der Waals surface area contributed by atoms with E-state index in [-0.39, 0.29) is 22.2 Å².